The largest absolute Gasteiger partial charge is 0.328 e. The molecule has 4 rings (SSSR count). The summed E-state index contributed by atoms with van der Waals surface area (Å²) in [7, 11) is 0. The SMILES string of the molecule is Cc1nc([C@H]2CCCN2C(=O)c2cc3ccccc3s2)n[nH]1. The molecule has 112 valence electrons. The fourth-order valence-corrected chi connectivity index (χ4v) is 4.03. The second-order valence-corrected chi connectivity index (χ2v) is 6.67. The summed E-state index contributed by atoms with van der Waals surface area (Å²) in [4.78, 5) is 20.0. The maximum absolute atomic E-state index is 12.9. The smallest absolute Gasteiger partial charge is 0.264 e. The number of carbonyl (C=O) groups excluding carboxylic acids is 1. The molecule has 1 aliphatic heterocycles. The van der Waals surface area contributed by atoms with Crippen LogP contribution in [0.15, 0.2) is 30.3 Å². The zero-order valence-electron chi connectivity index (χ0n) is 12.2. The van der Waals surface area contributed by atoms with Gasteiger partial charge >= 0.3 is 0 Å². The Balaban J connectivity index is 1.66. The van der Waals surface area contributed by atoms with E-state index in [-0.39, 0.29) is 11.9 Å². The number of aryl methyl sites for hydroxylation is 1. The van der Waals surface area contributed by atoms with Gasteiger partial charge in [0.2, 0.25) is 0 Å². The number of likely N-dealkylation sites (tertiary alicyclic amines) is 1. The molecule has 0 radical (unpaired) electrons. The Hall–Kier alpha value is -2.21. The molecule has 1 N–H and O–H groups in total. The van der Waals surface area contributed by atoms with Gasteiger partial charge in [-0.1, -0.05) is 18.2 Å². The maximum atomic E-state index is 12.9. The fraction of sp³-hybridized carbons (Fsp3) is 0.312. The third kappa shape index (κ3) is 2.20. The van der Waals surface area contributed by atoms with Gasteiger partial charge in [0.05, 0.1) is 10.9 Å². The standard InChI is InChI=1S/C16H16N4OS/c1-10-17-15(19-18-10)12-6-4-8-20(12)16(21)14-9-11-5-2-3-7-13(11)22-14/h2-3,5,7,9,12H,4,6,8H2,1H3,(H,17,18,19)/t12-/m1/s1. The predicted octanol–water partition coefficient (Wildman–Crippen LogP) is 3.31. The van der Waals surface area contributed by atoms with Crippen molar-refractivity contribution in [1.82, 2.24) is 20.1 Å². The summed E-state index contributed by atoms with van der Waals surface area (Å²) < 4.78 is 1.15. The zero-order valence-corrected chi connectivity index (χ0v) is 13.1. The van der Waals surface area contributed by atoms with Crippen molar-refractivity contribution in [3.05, 3.63) is 46.9 Å². The first-order chi connectivity index (χ1) is 10.7. The van der Waals surface area contributed by atoms with Crippen molar-refractivity contribution in [2.24, 2.45) is 0 Å². The molecule has 6 heteroatoms. The van der Waals surface area contributed by atoms with Gasteiger partial charge in [-0.05, 0) is 37.3 Å². The lowest BCUT2D eigenvalue weighted by atomic mass is 10.2. The molecular weight excluding hydrogens is 296 g/mol. The van der Waals surface area contributed by atoms with Crippen molar-refractivity contribution < 1.29 is 4.79 Å². The normalized spacial score (nSPS) is 18.2. The molecular formula is C16H16N4OS. The highest BCUT2D eigenvalue weighted by atomic mass is 32.1. The van der Waals surface area contributed by atoms with Crippen LogP contribution in [0, 0.1) is 6.92 Å². The molecule has 1 amide bonds. The molecule has 0 aliphatic carbocycles. The van der Waals surface area contributed by atoms with Crippen LogP contribution in [0.4, 0.5) is 0 Å². The van der Waals surface area contributed by atoms with E-state index < -0.39 is 0 Å². The molecule has 1 saturated heterocycles. The van der Waals surface area contributed by atoms with Gasteiger partial charge in [-0.3, -0.25) is 9.89 Å². The zero-order chi connectivity index (χ0) is 15.1. The van der Waals surface area contributed by atoms with E-state index >= 15 is 0 Å². The number of benzene rings is 1. The third-order valence-electron chi connectivity index (χ3n) is 4.06. The minimum atomic E-state index is -0.0114. The highest BCUT2D eigenvalue weighted by Gasteiger charge is 2.33. The van der Waals surface area contributed by atoms with E-state index in [1.807, 2.05) is 36.1 Å². The van der Waals surface area contributed by atoms with Crippen molar-refractivity contribution in [2.45, 2.75) is 25.8 Å². The second kappa shape index (κ2) is 5.21. The lowest BCUT2D eigenvalue weighted by molar-refractivity contribution is 0.0735. The molecule has 0 bridgehead atoms. The van der Waals surface area contributed by atoms with E-state index in [4.69, 9.17) is 0 Å². The summed E-state index contributed by atoms with van der Waals surface area (Å²) in [6.07, 6.45) is 1.92. The van der Waals surface area contributed by atoms with E-state index in [1.54, 1.807) is 11.3 Å². The number of thiophene rings is 1. The van der Waals surface area contributed by atoms with Crippen molar-refractivity contribution >= 4 is 27.3 Å². The number of rotatable bonds is 2. The summed E-state index contributed by atoms with van der Waals surface area (Å²) in [6.45, 7) is 2.65. The minimum absolute atomic E-state index is 0.0114. The quantitative estimate of drug-likeness (QED) is 0.789. The van der Waals surface area contributed by atoms with Gasteiger partial charge in [0.15, 0.2) is 5.82 Å². The van der Waals surface area contributed by atoms with Crippen LogP contribution >= 0.6 is 11.3 Å². The topological polar surface area (TPSA) is 61.9 Å². The Morgan fingerprint density at radius 1 is 1.41 bits per heavy atom. The number of aromatic nitrogens is 3. The number of aromatic amines is 1. The molecule has 1 atom stereocenters. The van der Waals surface area contributed by atoms with E-state index in [0.717, 1.165) is 46.0 Å². The Kier molecular flexibility index (Phi) is 3.18. The first-order valence-corrected chi connectivity index (χ1v) is 8.22. The molecule has 22 heavy (non-hydrogen) atoms. The fourth-order valence-electron chi connectivity index (χ4n) is 3.02. The first-order valence-electron chi connectivity index (χ1n) is 7.41. The van der Waals surface area contributed by atoms with E-state index in [9.17, 15) is 4.79 Å². The summed E-state index contributed by atoms with van der Waals surface area (Å²) in [6, 6.07) is 10.1. The van der Waals surface area contributed by atoms with Crippen LogP contribution in [0.2, 0.25) is 0 Å². The Labute approximate surface area is 132 Å². The van der Waals surface area contributed by atoms with Gasteiger partial charge in [-0.15, -0.1) is 11.3 Å². The number of nitrogens with one attached hydrogen (secondary N) is 1. The number of fused-ring (bicyclic) bond motifs is 1. The molecule has 2 aromatic heterocycles. The molecule has 0 saturated carbocycles. The molecule has 1 aromatic carbocycles. The highest BCUT2D eigenvalue weighted by molar-refractivity contribution is 7.20. The molecule has 0 unspecified atom stereocenters. The van der Waals surface area contributed by atoms with Crippen LogP contribution in [-0.4, -0.2) is 32.5 Å². The minimum Gasteiger partial charge on any atom is -0.328 e. The molecule has 3 heterocycles. The van der Waals surface area contributed by atoms with Gasteiger partial charge in [-0.25, -0.2) is 4.98 Å². The van der Waals surface area contributed by atoms with Crippen molar-refractivity contribution in [1.29, 1.82) is 0 Å². The van der Waals surface area contributed by atoms with Gasteiger partial charge in [0.1, 0.15) is 5.82 Å². The summed E-state index contributed by atoms with van der Waals surface area (Å²) in [5, 5.41) is 8.24. The average Bonchev–Trinajstić information content (AvgIpc) is 3.24. The van der Waals surface area contributed by atoms with Crippen molar-refractivity contribution in [3.8, 4) is 0 Å². The maximum Gasteiger partial charge on any atom is 0.264 e. The summed E-state index contributed by atoms with van der Waals surface area (Å²) in [5.41, 5.74) is 0. The van der Waals surface area contributed by atoms with E-state index in [2.05, 4.69) is 21.2 Å². The van der Waals surface area contributed by atoms with Crippen molar-refractivity contribution in [2.75, 3.05) is 6.54 Å². The molecule has 0 spiro atoms. The van der Waals surface area contributed by atoms with Crippen LogP contribution in [0.3, 0.4) is 0 Å². The van der Waals surface area contributed by atoms with Crippen LogP contribution in [0.25, 0.3) is 10.1 Å². The first kappa shape index (κ1) is 13.5. The van der Waals surface area contributed by atoms with Crippen LogP contribution in [0.1, 0.15) is 40.2 Å². The van der Waals surface area contributed by atoms with Gasteiger partial charge in [0, 0.05) is 11.2 Å². The number of hydrogen-bond donors (Lipinski definition) is 1. The monoisotopic (exact) mass is 312 g/mol. The average molecular weight is 312 g/mol. The lowest BCUT2D eigenvalue weighted by Gasteiger charge is -2.21. The number of nitrogens with zero attached hydrogens (tertiary/aromatic N) is 3. The number of amides is 1. The third-order valence-corrected chi connectivity index (χ3v) is 5.17. The second-order valence-electron chi connectivity index (χ2n) is 5.58. The Bertz CT molecular complexity index is 804. The van der Waals surface area contributed by atoms with Crippen LogP contribution in [0.5, 0.6) is 0 Å². The van der Waals surface area contributed by atoms with Gasteiger partial charge in [-0.2, -0.15) is 5.10 Å². The van der Waals surface area contributed by atoms with Gasteiger partial charge < -0.3 is 4.90 Å². The van der Waals surface area contributed by atoms with Crippen LogP contribution < -0.4 is 0 Å². The molecule has 5 nitrogen and oxygen atoms in total. The van der Waals surface area contributed by atoms with E-state index in [1.165, 1.54) is 0 Å². The van der Waals surface area contributed by atoms with Crippen LogP contribution in [-0.2, 0) is 0 Å². The Morgan fingerprint density at radius 3 is 3.05 bits per heavy atom. The van der Waals surface area contributed by atoms with E-state index in [0.29, 0.717) is 0 Å². The van der Waals surface area contributed by atoms with Gasteiger partial charge in [0.25, 0.3) is 5.91 Å². The highest BCUT2D eigenvalue weighted by Crippen LogP contribution is 2.34. The van der Waals surface area contributed by atoms with Crippen molar-refractivity contribution in [3.63, 3.8) is 0 Å². The summed E-state index contributed by atoms with van der Waals surface area (Å²) >= 11 is 1.55. The lowest BCUT2D eigenvalue weighted by Crippen LogP contribution is -2.30. The summed E-state index contributed by atoms with van der Waals surface area (Å²) in [5.74, 6) is 1.60. The number of H-pyrrole nitrogens is 1. The molecule has 1 fully saturated rings. The predicted molar refractivity (Wildman–Crippen MR) is 86.0 cm³/mol. The Morgan fingerprint density at radius 2 is 2.27 bits per heavy atom. The number of hydrogen-bond acceptors (Lipinski definition) is 4. The number of carbonyl (C=O) groups is 1. The molecule has 1 aliphatic rings. The molecule has 3 aromatic rings.